The van der Waals surface area contributed by atoms with Gasteiger partial charge >= 0.3 is 0 Å². The summed E-state index contributed by atoms with van der Waals surface area (Å²) in [7, 11) is -3.98. The minimum atomic E-state index is -3.98. The quantitative estimate of drug-likeness (QED) is 0.796. The molecule has 142 valence electrons. The number of nitrogens with one attached hydrogen (secondary N) is 1. The van der Waals surface area contributed by atoms with Crippen LogP contribution in [-0.4, -0.2) is 30.4 Å². The molecule has 6 nitrogen and oxygen atoms in total. The highest BCUT2D eigenvalue weighted by molar-refractivity contribution is 7.89. The molecule has 1 aliphatic carbocycles. The van der Waals surface area contributed by atoms with Crippen LogP contribution in [0.25, 0.3) is 0 Å². The minimum absolute atomic E-state index is 0.201. The molecule has 1 heterocycles. The van der Waals surface area contributed by atoms with Crippen LogP contribution < -0.4 is 5.14 Å². The third-order valence-electron chi connectivity index (χ3n) is 4.26. The van der Waals surface area contributed by atoms with E-state index in [2.05, 4.69) is 9.97 Å². The lowest BCUT2D eigenvalue weighted by molar-refractivity contribution is -0.0938. The van der Waals surface area contributed by atoms with Gasteiger partial charge in [0.1, 0.15) is 11.9 Å². The molecule has 3 rings (SSSR count). The number of hydrogen-bond acceptors (Lipinski definition) is 4. The molecule has 1 saturated carbocycles. The van der Waals surface area contributed by atoms with E-state index in [4.69, 9.17) is 21.5 Å². The normalized spacial score (nSPS) is 19.4. The van der Waals surface area contributed by atoms with Crippen LogP contribution in [0.4, 0.5) is 8.78 Å². The summed E-state index contributed by atoms with van der Waals surface area (Å²) >= 11 is 6.03. The molecular weight excluding hydrogens is 388 g/mol. The Morgan fingerprint density at radius 2 is 2.04 bits per heavy atom. The number of H-pyrrole nitrogens is 1. The lowest BCUT2D eigenvalue weighted by Crippen LogP contribution is -2.30. The van der Waals surface area contributed by atoms with Crippen LogP contribution in [0.2, 0.25) is 5.02 Å². The minimum Gasteiger partial charge on any atom is -0.362 e. The van der Waals surface area contributed by atoms with E-state index in [1.807, 2.05) is 0 Å². The summed E-state index contributed by atoms with van der Waals surface area (Å²) < 4.78 is 55.7. The maximum Gasteiger partial charge on any atom is 0.257 e. The van der Waals surface area contributed by atoms with Crippen LogP contribution in [-0.2, 0) is 14.8 Å². The van der Waals surface area contributed by atoms with Crippen molar-refractivity contribution >= 4 is 21.6 Å². The second kappa shape index (κ2) is 7.22. The number of benzene rings is 1. The molecule has 10 heteroatoms. The fourth-order valence-electron chi connectivity index (χ4n) is 2.91. The van der Waals surface area contributed by atoms with Gasteiger partial charge in [-0.15, -0.1) is 0 Å². The average molecular weight is 406 g/mol. The van der Waals surface area contributed by atoms with Crippen molar-refractivity contribution in [3.63, 3.8) is 0 Å². The monoisotopic (exact) mass is 405 g/mol. The van der Waals surface area contributed by atoms with Crippen molar-refractivity contribution in [1.82, 2.24) is 9.97 Å². The molecule has 1 fully saturated rings. The molecule has 3 N–H and O–H groups in total. The highest BCUT2D eigenvalue weighted by atomic mass is 35.5. The summed E-state index contributed by atoms with van der Waals surface area (Å²) in [4.78, 5) is 6.75. The smallest absolute Gasteiger partial charge is 0.257 e. The number of nitrogens with zero attached hydrogens (tertiary/aromatic N) is 1. The van der Waals surface area contributed by atoms with E-state index in [0.29, 0.717) is 10.6 Å². The van der Waals surface area contributed by atoms with Crippen LogP contribution in [0.1, 0.15) is 43.2 Å². The predicted molar refractivity (Wildman–Crippen MR) is 91.5 cm³/mol. The lowest BCUT2D eigenvalue weighted by atomic mass is 9.94. The highest BCUT2D eigenvalue weighted by Crippen LogP contribution is 2.37. The first kappa shape index (κ1) is 19.2. The van der Waals surface area contributed by atoms with E-state index < -0.39 is 28.2 Å². The number of aromatic nitrogens is 2. The topological polar surface area (TPSA) is 98.1 Å². The SMILES string of the molecule is NS(=O)(=O)c1c[nH]c(C(OC2CCC(F)(F)CC2)c2cccc(Cl)c2)n1. The fourth-order valence-corrected chi connectivity index (χ4v) is 3.56. The molecule has 0 radical (unpaired) electrons. The zero-order valence-electron chi connectivity index (χ0n) is 13.7. The molecule has 1 aromatic heterocycles. The molecule has 0 saturated heterocycles. The number of halogens is 3. The van der Waals surface area contributed by atoms with Crippen molar-refractivity contribution in [3.8, 4) is 0 Å². The molecule has 1 atom stereocenters. The van der Waals surface area contributed by atoms with Gasteiger partial charge in [0.2, 0.25) is 5.92 Å². The largest absolute Gasteiger partial charge is 0.362 e. The van der Waals surface area contributed by atoms with Crippen LogP contribution in [0.15, 0.2) is 35.5 Å². The second-order valence-corrected chi connectivity index (χ2v) is 8.24. The van der Waals surface area contributed by atoms with E-state index in [1.165, 1.54) is 6.20 Å². The molecule has 2 aromatic rings. The number of primary sulfonamides is 1. The van der Waals surface area contributed by atoms with Gasteiger partial charge in [0.25, 0.3) is 10.0 Å². The number of rotatable bonds is 5. The van der Waals surface area contributed by atoms with Crippen molar-refractivity contribution in [2.75, 3.05) is 0 Å². The van der Waals surface area contributed by atoms with Crippen LogP contribution in [0.5, 0.6) is 0 Å². The number of imidazole rings is 1. The summed E-state index contributed by atoms with van der Waals surface area (Å²) in [6, 6.07) is 6.80. The van der Waals surface area contributed by atoms with Crippen molar-refractivity contribution in [1.29, 1.82) is 0 Å². The van der Waals surface area contributed by atoms with Crippen molar-refractivity contribution in [2.45, 2.75) is 48.8 Å². The van der Waals surface area contributed by atoms with Gasteiger partial charge in [0, 0.05) is 24.1 Å². The Labute approximate surface area is 154 Å². The molecular formula is C16H18ClF2N3O3S. The Kier molecular flexibility index (Phi) is 5.34. The average Bonchev–Trinajstić information content (AvgIpc) is 3.04. The van der Waals surface area contributed by atoms with E-state index in [0.717, 1.165) is 0 Å². The molecule has 0 aliphatic heterocycles. The van der Waals surface area contributed by atoms with Crippen LogP contribution >= 0.6 is 11.6 Å². The number of sulfonamides is 1. The van der Waals surface area contributed by atoms with Gasteiger partial charge in [-0.1, -0.05) is 23.7 Å². The third kappa shape index (κ3) is 4.59. The van der Waals surface area contributed by atoms with E-state index in [-0.39, 0.29) is 36.5 Å². The number of hydrogen-bond donors (Lipinski definition) is 2. The van der Waals surface area contributed by atoms with Gasteiger partial charge in [0.15, 0.2) is 5.03 Å². The Morgan fingerprint density at radius 1 is 1.35 bits per heavy atom. The third-order valence-corrected chi connectivity index (χ3v) is 5.29. The number of alkyl halides is 2. The van der Waals surface area contributed by atoms with E-state index in [9.17, 15) is 17.2 Å². The summed E-state index contributed by atoms with van der Waals surface area (Å²) in [5.74, 6) is -2.45. The molecule has 0 amide bonds. The molecule has 0 spiro atoms. The standard InChI is InChI=1S/C16H18ClF2N3O3S/c17-11-3-1-2-10(8-11)14(15-21-9-13(22-15)26(20,23)24)25-12-4-6-16(18,19)7-5-12/h1-3,8-9,12,14H,4-7H2,(H,21,22)(H2,20,23,24). The highest BCUT2D eigenvalue weighted by Gasteiger charge is 2.37. The van der Waals surface area contributed by atoms with Crippen molar-refractivity contribution in [3.05, 3.63) is 46.9 Å². The van der Waals surface area contributed by atoms with Gasteiger partial charge in [0.05, 0.1) is 6.10 Å². The first-order valence-electron chi connectivity index (χ1n) is 8.01. The fraction of sp³-hybridized carbons (Fsp3) is 0.438. The molecule has 26 heavy (non-hydrogen) atoms. The molecule has 1 aromatic carbocycles. The maximum absolute atomic E-state index is 13.4. The van der Waals surface area contributed by atoms with E-state index in [1.54, 1.807) is 24.3 Å². The van der Waals surface area contributed by atoms with Crippen LogP contribution in [0, 0.1) is 0 Å². The summed E-state index contributed by atoms with van der Waals surface area (Å²) in [5, 5.41) is 5.23. The van der Waals surface area contributed by atoms with Gasteiger partial charge in [-0.25, -0.2) is 27.3 Å². The van der Waals surface area contributed by atoms with Crippen molar-refractivity contribution < 1.29 is 21.9 Å². The molecule has 0 bridgehead atoms. The summed E-state index contributed by atoms with van der Waals surface area (Å²) in [6.07, 6.45) is -0.107. The number of ether oxygens (including phenoxy) is 1. The van der Waals surface area contributed by atoms with E-state index >= 15 is 0 Å². The second-order valence-electron chi connectivity index (χ2n) is 6.30. The lowest BCUT2D eigenvalue weighted by Gasteiger charge is -2.31. The zero-order valence-corrected chi connectivity index (χ0v) is 15.2. The first-order chi connectivity index (χ1) is 12.1. The number of nitrogens with two attached hydrogens (primary N) is 1. The van der Waals surface area contributed by atoms with Gasteiger partial charge in [-0.2, -0.15) is 0 Å². The van der Waals surface area contributed by atoms with Crippen LogP contribution in [0.3, 0.4) is 0 Å². The maximum atomic E-state index is 13.4. The Hall–Kier alpha value is -1.55. The van der Waals surface area contributed by atoms with Gasteiger partial charge in [-0.05, 0) is 30.5 Å². The molecule has 1 unspecified atom stereocenters. The predicted octanol–water partition coefficient (Wildman–Crippen LogP) is 3.39. The van der Waals surface area contributed by atoms with Gasteiger partial charge < -0.3 is 9.72 Å². The summed E-state index contributed by atoms with van der Waals surface area (Å²) in [5.41, 5.74) is 0.630. The number of aromatic amines is 1. The van der Waals surface area contributed by atoms with Gasteiger partial charge in [-0.3, -0.25) is 0 Å². The zero-order chi connectivity index (χ0) is 18.9. The summed E-state index contributed by atoms with van der Waals surface area (Å²) in [6.45, 7) is 0. The Balaban J connectivity index is 1.89. The molecule has 1 aliphatic rings. The Bertz CT molecular complexity index is 878. The Morgan fingerprint density at radius 3 is 2.62 bits per heavy atom. The van der Waals surface area contributed by atoms with Crippen molar-refractivity contribution in [2.24, 2.45) is 5.14 Å². The first-order valence-corrected chi connectivity index (χ1v) is 9.93.